The molecule has 5 heteroatoms. The van der Waals surface area contributed by atoms with Gasteiger partial charge in [0.25, 0.3) is 0 Å². The summed E-state index contributed by atoms with van der Waals surface area (Å²) in [5, 5.41) is 0.610. The van der Waals surface area contributed by atoms with E-state index in [4.69, 9.17) is 11.6 Å². The molecule has 0 aliphatic carbocycles. The molecule has 0 saturated heterocycles. The summed E-state index contributed by atoms with van der Waals surface area (Å²) in [4.78, 5) is 16.1. The van der Waals surface area contributed by atoms with Crippen LogP contribution in [0.3, 0.4) is 0 Å². The van der Waals surface area contributed by atoms with Crippen molar-refractivity contribution in [2.45, 2.75) is 6.92 Å². The third-order valence-electron chi connectivity index (χ3n) is 2.57. The van der Waals surface area contributed by atoms with Gasteiger partial charge < -0.3 is 4.98 Å². The molecule has 3 aromatic heterocycles. The fourth-order valence-electron chi connectivity index (χ4n) is 1.67. The number of aromatic amines is 1. The molecule has 0 amide bonds. The number of aryl methyl sites for hydroxylation is 1. The van der Waals surface area contributed by atoms with Gasteiger partial charge >= 0.3 is 0 Å². The van der Waals surface area contributed by atoms with Crippen molar-refractivity contribution in [3.05, 3.63) is 41.2 Å². The molecule has 0 atom stereocenters. The molecule has 0 radical (unpaired) electrons. The Morgan fingerprint density at radius 2 is 2.06 bits per heavy atom. The summed E-state index contributed by atoms with van der Waals surface area (Å²) in [6.45, 7) is 2.02. The van der Waals surface area contributed by atoms with Gasteiger partial charge in [0, 0.05) is 12.4 Å². The Morgan fingerprint density at radius 1 is 1.18 bits per heavy atom. The normalized spacial score (nSPS) is 10.9. The van der Waals surface area contributed by atoms with Gasteiger partial charge in [0.05, 0.1) is 10.5 Å². The summed E-state index contributed by atoms with van der Waals surface area (Å²) < 4.78 is 0. The standard InChI is InChI=1S/C12H9ClN4/c1-7-4-5-14-12-10(7)16-11(17-12)9-3-2-8(13)6-15-9/h2-6H,1H3,(H,14,16,17). The van der Waals surface area contributed by atoms with E-state index in [0.29, 0.717) is 16.5 Å². The summed E-state index contributed by atoms with van der Waals surface area (Å²) in [5.74, 6) is 0.707. The number of hydrogen-bond donors (Lipinski definition) is 1. The SMILES string of the molecule is Cc1ccnc2nc(-c3ccc(Cl)cn3)[nH]c12. The third-order valence-corrected chi connectivity index (χ3v) is 2.79. The molecule has 0 saturated carbocycles. The molecule has 0 fully saturated rings. The Hall–Kier alpha value is -1.94. The van der Waals surface area contributed by atoms with Crippen LogP contribution in [0.1, 0.15) is 5.56 Å². The molecule has 0 aliphatic rings. The highest BCUT2D eigenvalue weighted by Crippen LogP contribution is 2.20. The van der Waals surface area contributed by atoms with Crippen LogP contribution >= 0.6 is 11.6 Å². The van der Waals surface area contributed by atoms with Crippen LogP contribution in [0, 0.1) is 6.92 Å². The zero-order valence-electron chi connectivity index (χ0n) is 9.11. The zero-order valence-corrected chi connectivity index (χ0v) is 9.86. The first-order valence-corrected chi connectivity index (χ1v) is 5.55. The highest BCUT2D eigenvalue weighted by molar-refractivity contribution is 6.30. The summed E-state index contributed by atoms with van der Waals surface area (Å²) in [7, 11) is 0. The number of imidazole rings is 1. The first kappa shape index (κ1) is 10.2. The largest absolute Gasteiger partial charge is 0.335 e. The van der Waals surface area contributed by atoms with E-state index in [-0.39, 0.29) is 0 Å². The maximum absolute atomic E-state index is 5.80. The molecule has 4 nitrogen and oxygen atoms in total. The second kappa shape index (κ2) is 3.82. The Kier molecular flexibility index (Phi) is 2.30. The van der Waals surface area contributed by atoms with E-state index in [2.05, 4.69) is 19.9 Å². The second-order valence-corrected chi connectivity index (χ2v) is 4.21. The van der Waals surface area contributed by atoms with E-state index >= 15 is 0 Å². The number of H-pyrrole nitrogens is 1. The minimum Gasteiger partial charge on any atom is -0.335 e. The molecular weight excluding hydrogens is 236 g/mol. The minimum atomic E-state index is 0.610. The fourth-order valence-corrected chi connectivity index (χ4v) is 1.78. The molecule has 0 aliphatic heterocycles. The van der Waals surface area contributed by atoms with E-state index in [1.807, 2.05) is 19.1 Å². The van der Waals surface area contributed by atoms with Crippen LogP contribution in [-0.2, 0) is 0 Å². The van der Waals surface area contributed by atoms with Crippen molar-refractivity contribution in [1.82, 2.24) is 19.9 Å². The number of nitrogens with one attached hydrogen (secondary N) is 1. The van der Waals surface area contributed by atoms with Crippen LogP contribution in [0.5, 0.6) is 0 Å². The van der Waals surface area contributed by atoms with Crippen LogP contribution < -0.4 is 0 Å². The number of rotatable bonds is 1. The second-order valence-electron chi connectivity index (χ2n) is 3.77. The Balaban J connectivity index is 2.18. The lowest BCUT2D eigenvalue weighted by Crippen LogP contribution is -1.84. The van der Waals surface area contributed by atoms with E-state index in [9.17, 15) is 0 Å². The van der Waals surface area contributed by atoms with Gasteiger partial charge in [-0.15, -0.1) is 0 Å². The van der Waals surface area contributed by atoms with Crippen molar-refractivity contribution in [2.75, 3.05) is 0 Å². The topological polar surface area (TPSA) is 54.5 Å². The molecule has 17 heavy (non-hydrogen) atoms. The number of fused-ring (bicyclic) bond motifs is 1. The highest BCUT2D eigenvalue weighted by Gasteiger charge is 2.08. The first-order valence-electron chi connectivity index (χ1n) is 5.17. The Morgan fingerprint density at radius 3 is 2.76 bits per heavy atom. The van der Waals surface area contributed by atoms with Crippen LogP contribution in [0.25, 0.3) is 22.7 Å². The monoisotopic (exact) mass is 244 g/mol. The number of aromatic nitrogens is 4. The quantitative estimate of drug-likeness (QED) is 0.716. The maximum atomic E-state index is 5.80. The van der Waals surface area contributed by atoms with Crippen LogP contribution in [0.2, 0.25) is 5.02 Å². The van der Waals surface area contributed by atoms with Crippen molar-refractivity contribution >= 4 is 22.8 Å². The van der Waals surface area contributed by atoms with Gasteiger partial charge in [0.15, 0.2) is 11.5 Å². The lowest BCUT2D eigenvalue weighted by atomic mass is 10.3. The van der Waals surface area contributed by atoms with E-state index < -0.39 is 0 Å². The number of hydrogen-bond acceptors (Lipinski definition) is 3. The Labute approximate surface area is 103 Å². The van der Waals surface area contributed by atoms with Crippen LogP contribution in [0.4, 0.5) is 0 Å². The average molecular weight is 245 g/mol. The summed E-state index contributed by atoms with van der Waals surface area (Å²) in [5.41, 5.74) is 3.52. The van der Waals surface area contributed by atoms with Crippen molar-refractivity contribution in [3.8, 4) is 11.5 Å². The summed E-state index contributed by atoms with van der Waals surface area (Å²) >= 11 is 5.80. The predicted molar refractivity (Wildman–Crippen MR) is 66.9 cm³/mol. The number of pyridine rings is 2. The lowest BCUT2D eigenvalue weighted by molar-refractivity contribution is 1.23. The molecule has 3 aromatic rings. The molecule has 0 unspecified atom stereocenters. The molecule has 0 aromatic carbocycles. The number of halogens is 1. The minimum absolute atomic E-state index is 0.610. The average Bonchev–Trinajstić information content (AvgIpc) is 2.75. The Bertz CT molecular complexity index is 673. The molecular formula is C12H9ClN4. The van der Waals surface area contributed by atoms with Gasteiger partial charge in [0.2, 0.25) is 0 Å². The summed E-state index contributed by atoms with van der Waals surface area (Å²) in [6.07, 6.45) is 3.35. The van der Waals surface area contributed by atoms with Gasteiger partial charge in [-0.25, -0.2) is 9.97 Å². The van der Waals surface area contributed by atoms with Crippen molar-refractivity contribution in [3.63, 3.8) is 0 Å². The van der Waals surface area contributed by atoms with E-state index in [0.717, 1.165) is 16.8 Å². The maximum Gasteiger partial charge on any atom is 0.178 e. The predicted octanol–water partition coefficient (Wildman–Crippen LogP) is 2.98. The first-order chi connectivity index (χ1) is 8.24. The molecule has 0 bridgehead atoms. The van der Waals surface area contributed by atoms with Crippen molar-refractivity contribution in [1.29, 1.82) is 0 Å². The third kappa shape index (κ3) is 1.76. The van der Waals surface area contributed by atoms with Gasteiger partial charge in [-0.2, -0.15) is 0 Å². The van der Waals surface area contributed by atoms with Gasteiger partial charge in [-0.05, 0) is 30.7 Å². The molecule has 3 rings (SSSR count). The van der Waals surface area contributed by atoms with E-state index in [1.54, 1.807) is 18.5 Å². The van der Waals surface area contributed by atoms with E-state index in [1.165, 1.54) is 0 Å². The smallest absolute Gasteiger partial charge is 0.178 e. The van der Waals surface area contributed by atoms with Gasteiger partial charge in [-0.3, -0.25) is 4.98 Å². The fraction of sp³-hybridized carbons (Fsp3) is 0.0833. The van der Waals surface area contributed by atoms with Crippen LogP contribution in [-0.4, -0.2) is 19.9 Å². The molecule has 3 heterocycles. The molecule has 0 spiro atoms. The van der Waals surface area contributed by atoms with Crippen molar-refractivity contribution in [2.24, 2.45) is 0 Å². The van der Waals surface area contributed by atoms with Gasteiger partial charge in [0.1, 0.15) is 5.69 Å². The summed E-state index contributed by atoms with van der Waals surface area (Å²) in [6, 6.07) is 5.56. The van der Waals surface area contributed by atoms with Crippen molar-refractivity contribution < 1.29 is 0 Å². The zero-order chi connectivity index (χ0) is 11.8. The lowest BCUT2D eigenvalue weighted by Gasteiger charge is -1.94. The molecule has 1 N–H and O–H groups in total. The number of nitrogens with zero attached hydrogens (tertiary/aromatic N) is 3. The molecule has 84 valence electrons. The van der Waals surface area contributed by atoms with Gasteiger partial charge in [-0.1, -0.05) is 11.6 Å². The highest BCUT2D eigenvalue weighted by atomic mass is 35.5. The van der Waals surface area contributed by atoms with Crippen LogP contribution in [0.15, 0.2) is 30.6 Å².